The van der Waals surface area contributed by atoms with Crippen LogP contribution in [0.15, 0.2) is 18.2 Å². The van der Waals surface area contributed by atoms with Gasteiger partial charge in [0.15, 0.2) is 11.5 Å². The second-order valence-electron chi connectivity index (χ2n) is 4.27. The molecule has 0 fully saturated rings. The number of halogens is 2. The number of hydrogen-bond donors (Lipinski definition) is 2. The van der Waals surface area contributed by atoms with Crippen molar-refractivity contribution in [3.8, 4) is 11.5 Å². The maximum atomic E-state index is 5.68. The lowest BCUT2D eigenvalue weighted by Gasteiger charge is -2.14. The molecule has 0 spiro atoms. The molecule has 0 bridgehead atoms. The third-order valence-electron chi connectivity index (χ3n) is 2.84. The van der Waals surface area contributed by atoms with Gasteiger partial charge in [-0.2, -0.15) is 0 Å². The molecule has 0 aromatic heterocycles. The van der Waals surface area contributed by atoms with Crippen molar-refractivity contribution in [2.45, 2.75) is 26.8 Å². The molecule has 0 saturated heterocycles. The number of benzene rings is 1. The lowest BCUT2D eigenvalue weighted by Crippen LogP contribution is -2.21. The summed E-state index contributed by atoms with van der Waals surface area (Å²) in [6.07, 6.45) is 1.13. The lowest BCUT2D eigenvalue weighted by atomic mass is 10.2. The third-order valence-corrected chi connectivity index (χ3v) is 2.84. The van der Waals surface area contributed by atoms with Crippen LogP contribution in [0.25, 0.3) is 0 Å². The predicted octanol–water partition coefficient (Wildman–Crippen LogP) is 3.03. The van der Waals surface area contributed by atoms with Crippen LogP contribution in [-0.4, -0.2) is 33.4 Å². The molecule has 1 rings (SSSR count). The Morgan fingerprint density at radius 2 is 1.76 bits per heavy atom. The van der Waals surface area contributed by atoms with E-state index < -0.39 is 0 Å². The molecular weight excluding hydrogens is 311 g/mol. The van der Waals surface area contributed by atoms with Gasteiger partial charge in [-0.05, 0) is 39.0 Å². The minimum atomic E-state index is 0. The van der Waals surface area contributed by atoms with Gasteiger partial charge in [-0.1, -0.05) is 19.1 Å². The number of nitrogens with one attached hydrogen (secondary N) is 2. The Hall–Kier alpha value is -0.680. The van der Waals surface area contributed by atoms with E-state index >= 15 is 0 Å². The Morgan fingerprint density at radius 3 is 2.38 bits per heavy atom. The summed E-state index contributed by atoms with van der Waals surface area (Å²) >= 11 is 0. The van der Waals surface area contributed by atoms with Gasteiger partial charge in [-0.3, -0.25) is 0 Å². The molecule has 0 radical (unpaired) electrons. The van der Waals surface area contributed by atoms with Gasteiger partial charge in [0.05, 0.1) is 13.7 Å². The normalized spacial score (nSPS) is 9.48. The monoisotopic (exact) mass is 338 g/mol. The van der Waals surface area contributed by atoms with Crippen molar-refractivity contribution in [1.29, 1.82) is 0 Å². The van der Waals surface area contributed by atoms with Crippen LogP contribution in [0.2, 0.25) is 0 Å². The van der Waals surface area contributed by atoms with Crippen molar-refractivity contribution in [2.75, 3.05) is 33.4 Å². The molecule has 0 amide bonds. The van der Waals surface area contributed by atoms with E-state index in [1.54, 1.807) is 7.11 Å². The summed E-state index contributed by atoms with van der Waals surface area (Å²) in [5, 5.41) is 6.75. The van der Waals surface area contributed by atoms with Crippen LogP contribution >= 0.6 is 24.8 Å². The van der Waals surface area contributed by atoms with E-state index in [-0.39, 0.29) is 24.8 Å². The van der Waals surface area contributed by atoms with Gasteiger partial charge in [0.1, 0.15) is 0 Å². The van der Waals surface area contributed by atoms with Crippen LogP contribution in [0.1, 0.15) is 25.8 Å². The molecule has 0 heterocycles. The summed E-state index contributed by atoms with van der Waals surface area (Å²) in [7, 11) is 1.67. The largest absolute Gasteiger partial charge is 0.493 e. The minimum absolute atomic E-state index is 0. The zero-order valence-corrected chi connectivity index (χ0v) is 14.7. The van der Waals surface area contributed by atoms with Gasteiger partial charge in [0, 0.05) is 12.1 Å². The van der Waals surface area contributed by atoms with E-state index in [4.69, 9.17) is 9.47 Å². The van der Waals surface area contributed by atoms with Crippen LogP contribution in [0.3, 0.4) is 0 Å². The van der Waals surface area contributed by atoms with Gasteiger partial charge >= 0.3 is 0 Å². The second-order valence-corrected chi connectivity index (χ2v) is 4.27. The van der Waals surface area contributed by atoms with E-state index in [9.17, 15) is 0 Å². The molecule has 124 valence electrons. The highest BCUT2D eigenvalue weighted by molar-refractivity contribution is 5.85. The summed E-state index contributed by atoms with van der Waals surface area (Å²) in [6, 6.07) is 6.00. The Morgan fingerprint density at radius 1 is 1.05 bits per heavy atom. The van der Waals surface area contributed by atoms with Crippen LogP contribution in [-0.2, 0) is 6.54 Å². The van der Waals surface area contributed by atoms with Crippen molar-refractivity contribution in [2.24, 2.45) is 0 Å². The number of ether oxygens (including phenoxy) is 2. The molecule has 0 aliphatic heterocycles. The number of rotatable bonds is 10. The van der Waals surface area contributed by atoms with E-state index in [1.807, 2.05) is 19.1 Å². The van der Waals surface area contributed by atoms with Crippen molar-refractivity contribution >= 4 is 24.8 Å². The number of para-hydroxylation sites is 1. The van der Waals surface area contributed by atoms with Gasteiger partial charge in [-0.25, -0.2) is 0 Å². The van der Waals surface area contributed by atoms with Gasteiger partial charge in [0.2, 0.25) is 0 Å². The van der Waals surface area contributed by atoms with Crippen molar-refractivity contribution in [3.05, 3.63) is 23.8 Å². The fraction of sp³-hybridized carbons (Fsp3) is 0.600. The molecular formula is C15H28Cl2N2O2. The Kier molecular flexibility index (Phi) is 15.4. The molecule has 6 heteroatoms. The minimum Gasteiger partial charge on any atom is -0.493 e. The Bertz CT molecular complexity index is 366. The average Bonchev–Trinajstić information content (AvgIpc) is 2.44. The molecule has 0 aliphatic carbocycles. The van der Waals surface area contributed by atoms with Crippen LogP contribution in [0.5, 0.6) is 11.5 Å². The zero-order chi connectivity index (χ0) is 13.9. The fourth-order valence-corrected chi connectivity index (χ4v) is 1.91. The molecule has 0 saturated carbocycles. The molecule has 0 aliphatic rings. The van der Waals surface area contributed by atoms with Crippen molar-refractivity contribution < 1.29 is 9.47 Å². The van der Waals surface area contributed by atoms with Crippen molar-refractivity contribution in [1.82, 2.24) is 10.6 Å². The number of methoxy groups -OCH3 is 1. The summed E-state index contributed by atoms with van der Waals surface area (Å²) < 4.78 is 11.0. The lowest BCUT2D eigenvalue weighted by molar-refractivity contribution is 0.306. The topological polar surface area (TPSA) is 42.5 Å². The molecule has 1 aromatic carbocycles. The van der Waals surface area contributed by atoms with Gasteiger partial charge < -0.3 is 20.1 Å². The predicted molar refractivity (Wildman–Crippen MR) is 93.5 cm³/mol. The summed E-state index contributed by atoms with van der Waals surface area (Å²) in [5.41, 5.74) is 1.14. The Labute approximate surface area is 140 Å². The second kappa shape index (κ2) is 14.3. The zero-order valence-electron chi connectivity index (χ0n) is 13.1. The molecule has 21 heavy (non-hydrogen) atoms. The van der Waals surface area contributed by atoms with Gasteiger partial charge in [-0.15, -0.1) is 24.8 Å². The summed E-state index contributed by atoms with van der Waals surface area (Å²) in [5.74, 6) is 1.65. The van der Waals surface area contributed by atoms with Crippen LogP contribution < -0.4 is 20.1 Å². The summed E-state index contributed by atoms with van der Waals surface area (Å²) in [6.45, 7) is 8.64. The molecule has 0 atom stereocenters. The van der Waals surface area contributed by atoms with E-state index in [2.05, 4.69) is 23.6 Å². The first-order valence-corrected chi connectivity index (χ1v) is 7.03. The maximum absolute atomic E-state index is 5.68. The molecule has 4 nitrogen and oxygen atoms in total. The highest BCUT2D eigenvalue weighted by Crippen LogP contribution is 2.30. The first kappa shape index (κ1) is 22.6. The Balaban J connectivity index is 0. The number of hydrogen-bond acceptors (Lipinski definition) is 4. The highest BCUT2D eigenvalue weighted by Gasteiger charge is 2.09. The average molecular weight is 339 g/mol. The first-order chi connectivity index (χ1) is 9.33. The smallest absolute Gasteiger partial charge is 0.165 e. The quantitative estimate of drug-likeness (QED) is 0.643. The van der Waals surface area contributed by atoms with E-state index in [0.717, 1.165) is 49.7 Å². The standard InChI is InChI=1S/C15H26N2O2.2ClH/c1-4-16-10-7-11-17-12-13-8-6-9-14(18-3)15(13)19-5-2;;/h6,8-9,16-17H,4-5,7,10-12H2,1-3H3;2*1H. The van der Waals surface area contributed by atoms with E-state index in [0.29, 0.717) is 6.61 Å². The van der Waals surface area contributed by atoms with Crippen molar-refractivity contribution in [3.63, 3.8) is 0 Å². The first-order valence-electron chi connectivity index (χ1n) is 7.03. The van der Waals surface area contributed by atoms with E-state index in [1.165, 1.54) is 0 Å². The highest BCUT2D eigenvalue weighted by atomic mass is 35.5. The summed E-state index contributed by atoms with van der Waals surface area (Å²) in [4.78, 5) is 0. The molecule has 1 aromatic rings. The van der Waals surface area contributed by atoms with Crippen LogP contribution in [0.4, 0.5) is 0 Å². The van der Waals surface area contributed by atoms with Gasteiger partial charge in [0.25, 0.3) is 0 Å². The maximum Gasteiger partial charge on any atom is 0.165 e. The SMILES string of the molecule is CCNCCCNCc1cccc(OC)c1OCC.Cl.Cl. The molecule has 2 N–H and O–H groups in total. The fourth-order valence-electron chi connectivity index (χ4n) is 1.91. The third kappa shape index (κ3) is 8.37. The molecule has 0 unspecified atom stereocenters. The van der Waals surface area contributed by atoms with Crippen LogP contribution in [0, 0.1) is 0 Å².